The van der Waals surface area contributed by atoms with Gasteiger partial charge in [0.25, 0.3) is 5.91 Å². The second-order valence-electron chi connectivity index (χ2n) is 6.45. The second-order valence-corrected chi connectivity index (χ2v) is 7.88. The summed E-state index contributed by atoms with van der Waals surface area (Å²) in [6, 6.07) is 19.7. The van der Waals surface area contributed by atoms with Crippen LogP contribution in [0.1, 0.15) is 15.2 Å². The smallest absolute Gasteiger partial charge is 0.283 e. The van der Waals surface area contributed by atoms with Crippen molar-refractivity contribution in [1.29, 1.82) is 0 Å². The summed E-state index contributed by atoms with van der Waals surface area (Å²) >= 11 is 7.75. The highest BCUT2D eigenvalue weighted by Crippen LogP contribution is 2.38. The standard InChI is InChI=1S/C23H17ClN2O4S/c1-29-19-11-14(7-9-18(19)27)13-25-26-23(28)22-21(24)17-12-16(8-10-20(17)31-22)30-15-5-3-2-4-6-15/h2-13,27H,1H3,(H,26,28)/b25-13+. The van der Waals surface area contributed by atoms with Crippen molar-refractivity contribution in [3.63, 3.8) is 0 Å². The Bertz CT molecular complexity index is 1270. The van der Waals surface area contributed by atoms with Crippen LogP contribution in [0.25, 0.3) is 10.1 Å². The Morgan fingerprint density at radius 1 is 1.10 bits per heavy atom. The minimum absolute atomic E-state index is 0.0244. The number of thiophene rings is 1. The maximum Gasteiger partial charge on any atom is 0.283 e. The van der Waals surface area contributed by atoms with Crippen molar-refractivity contribution >= 4 is 45.1 Å². The van der Waals surface area contributed by atoms with Gasteiger partial charge in [-0.15, -0.1) is 11.3 Å². The lowest BCUT2D eigenvalue weighted by molar-refractivity contribution is 0.0959. The number of fused-ring (bicyclic) bond motifs is 1. The summed E-state index contributed by atoms with van der Waals surface area (Å²) < 4.78 is 11.8. The first kappa shape index (κ1) is 20.7. The van der Waals surface area contributed by atoms with E-state index in [0.717, 1.165) is 10.1 Å². The molecule has 0 atom stereocenters. The average molecular weight is 453 g/mol. The number of aromatic hydroxyl groups is 1. The van der Waals surface area contributed by atoms with Crippen molar-refractivity contribution < 1.29 is 19.4 Å². The highest BCUT2D eigenvalue weighted by Gasteiger charge is 2.17. The highest BCUT2D eigenvalue weighted by molar-refractivity contribution is 7.21. The normalized spacial score (nSPS) is 11.0. The van der Waals surface area contributed by atoms with Crippen LogP contribution in [0, 0.1) is 0 Å². The Hall–Kier alpha value is -3.55. The van der Waals surface area contributed by atoms with E-state index < -0.39 is 5.91 Å². The molecule has 0 aliphatic heterocycles. The highest BCUT2D eigenvalue weighted by atomic mass is 35.5. The zero-order valence-electron chi connectivity index (χ0n) is 16.3. The van der Waals surface area contributed by atoms with Gasteiger partial charge in [-0.25, -0.2) is 5.43 Å². The van der Waals surface area contributed by atoms with Gasteiger partial charge < -0.3 is 14.6 Å². The van der Waals surface area contributed by atoms with Gasteiger partial charge in [0.05, 0.1) is 18.3 Å². The van der Waals surface area contributed by atoms with Crippen LogP contribution in [-0.2, 0) is 0 Å². The Balaban J connectivity index is 1.51. The van der Waals surface area contributed by atoms with E-state index in [-0.39, 0.29) is 5.75 Å². The van der Waals surface area contributed by atoms with Crippen LogP contribution < -0.4 is 14.9 Å². The fourth-order valence-electron chi connectivity index (χ4n) is 2.87. The Kier molecular flexibility index (Phi) is 6.06. The van der Waals surface area contributed by atoms with Crippen LogP contribution in [-0.4, -0.2) is 24.3 Å². The summed E-state index contributed by atoms with van der Waals surface area (Å²) in [5, 5.41) is 14.7. The molecule has 6 nitrogen and oxygen atoms in total. The zero-order chi connectivity index (χ0) is 21.8. The largest absolute Gasteiger partial charge is 0.504 e. The molecule has 0 aliphatic carbocycles. The van der Waals surface area contributed by atoms with Crippen molar-refractivity contribution in [3.05, 3.63) is 82.2 Å². The lowest BCUT2D eigenvalue weighted by Gasteiger charge is -2.05. The number of nitrogens with zero attached hydrogens (tertiary/aromatic N) is 1. The number of hydrogen-bond donors (Lipinski definition) is 2. The molecule has 156 valence electrons. The van der Waals surface area contributed by atoms with Gasteiger partial charge in [0.15, 0.2) is 11.5 Å². The van der Waals surface area contributed by atoms with E-state index in [1.807, 2.05) is 48.5 Å². The van der Waals surface area contributed by atoms with Gasteiger partial charge in [-0.2, -0.15) is 5.10 Å². The van der Waals surface area contributed by atoms with E-state index in [0.29, 0.717) is 32.7 Å². The molecule has 0 aliphatic rings. The number of amides is 1. The lowest BCUT2D eigenvalue weighted by atomic mass is 10.2. The summed E-state index contributed by atoms with van der Waals surface area (Å²) in [5.74, 6) is 1.27. The molecule has 1 aromatic heterocycles. The molecular formula is C23H17ClN2O4S. The maximum absolute atomic E-state index is 12.6. The molecular weight excluding hydrogens is 436 g/mol. The number of nitrogens with one attached hydrogen (secondary N) is 1. The molecule has 0 saturated heterocycles. The predicted octanol–water partition coefficient (Wildman–Crippen LogP) is 5.83. The molecule has 8 heteroatoms. The molecule has 0 unspecified atom stereocenters. The Morgan fingerprint density at radius 2 is 1.90 bits per heavy atom. The number of phenolic OH excluding ortho intramolecular Hbond substituents is 1. The van der Waals surface area contributed by atoms with E-state index in [4.69, 9.17) is 21.1 Å². The van der Waals surface area contributed by atoms with E-state index in [1.54, 1.807) is 12.1 Å². The molecule has 0 bridgehead atoms. The number of halogens is 1. The van der Waals surface area contributed by atoms with Crippen LogP contribution in [0.15, 0.2) is 71.8 Å². The first-order valence-electron chi connectivity index (χ1n) is 9.20. The van der Waals surface area contributed by atoms with Gasteiger partial charge in [-0.1, -0.05) is 29.8 Å². The third-order valence-electron chi connectivity index (χ3n) is 4.37. The maximum atomic E-state index is 12.6. The van der Waals surface area contributed by atoms with Crippen LogP contribution >= 0.6 is 22.9 Å². The molecule has 4 rings (SSSR count). The van der Waals surface area contributed by atoms with Gasteiger partial charge in [0, 0.05) is 10.1 Å². The molecule has 1 heterocycles. The van der Waals surface area contributed by atoms with Gasteiger partial charge >= 0.3 is 0 Å². The van der Waals surface area contributed by atoms with Crippen molar-refractivity contribution in [2.75, 3.05) is 7.11 Å². The Labute approximate surface area is 187 Å². The number of para-hydroxylation sites is 1. The van der Waals surface area contributed by atoms with Crippen LogP contribution in [0.3, 0.4) is 0 Å². The van der Waals surface area contributed by atoms with Crippen molar-refractivity contribution in [2.24, 2.45) is 5.10 Å². The average Bonchev–Trinajstić information content (AvgIpc) is 3.11. The summed E-state index contributed by atoms with van der Waals surface area (Å²) in [5.41, 5.74) is 3.13. The van der Waals surface area contributed by atoms with Crippen molar-refractivity contribution in [1.82, 2.24) is 5.43 Å². The number of methoxy groups -OCH3 is 1. The van der Waals surface area contributed by atoms with Gasteiger partial charge in [-0.3, -0.25) is 4.79 Å². The van der Waals surface area contributed by atoms with E-state index in [1.165, 1.54) is 30.7 Å². The summed E-state index contributed by atoms with van der Waals surface area (Å²) in [6.07, 6.45) is 1.45. The van der Waals surface area contributed by atoms with Crippen molar-refractivity contribution in [3.8, 4) is 23.0 Å². The molecule has 0 saturated carbocycles. The van der Waals surface area contributed by atoms with Gasteiger partial charge in [0.1, 0.15) is 16.4 Å². The molecule has 2 N–H and O–H groups in total. The van der Waals surface area contributed by atoms with Crippen LogP contribution in [0.5, 0.6) is 23.0 Å². The molecule has 31 heavy (non-hydrogen) atoms. The number of hydrazone groups is 1. The van der Waals surface area contributed by atoms with E-state index >= 15 is 0 Å². The third kappa shape index (κ3) is 4.63. The van der Waals surface area contributed by atoms with Crippen LogP contribution in [0.2, 0.25) is 5.02 Å². The monoisotopic (exact) mass is 452 g/mol. The number of ether oxygens (including phenoxy) is 2. The molecule has 1 amide bonds. The number of rotatable bonds is 6. The number of carbonyl (C=O) groups excluding carboxylic acids is 1. The number of benzene rings is 3. The fourth-order valence-corrected chi connectivity index (χ4v) is 4.25. The summed E-state index contributed by atoms with van der Waals surface area (Å²) in [7, 11) is 1.46. The molecule has 4 aromatic rings. The second kappa shape index (κ2) is 9.07. The minimum Gasteiger partial charge on any atom is -0.504 e. The number of phenols is 1. The quantitative estimate of drug-likeness (QED) is 0.285. The molecule has 3 aromatic carbocycles. The van der Waals surface area contributed by atoms with Crippen LogP contribution in [0.4, 0.5) is 0 Å². The van der Waals surface area contributed by atoms with E-state index in [2.05, 4.69) is 10.5 Å². The van der Waals surface area contributed by atoms with E-state index in [9.17, 15) is 9.90 Å². The topological polar surface area (TPSA) is 80.2 Å². The van der Waals surface area contributed by atoms with Gasteiger partial charge in [-0.05, 0) is 54.1 Å². The van der Waals surface area contributed by atoms with Crippen molar-refractivity contribution in [2.45, 2.75) is 0 Å². The SMILES string of the molecule is COc1cc(/C=N/NC(=O)c2sc3ccc(Oc4ccccc4)cc3c2Cl)ccc1O. The third-order valence-corrected chi connectivity index (χ3v) is 6.04. The molecule has 0 fully saturated rings. The molecule has 0 spiro atoms. The number of hydrogen-bond acceptors (Lipinski definition) is 6. The Morgan fingerprint density at radius 3 is 2.68 bits per heavy atom. The lowest BCUT2D eigenvalue weighted by Crippen LogP contribution is -2.16. The first-order valence-corrected chi connectivity index (χ1v) is 10.4. The predicted molar refractivity (Wildman–Crippen MR) is 123 cm³/mol. The summed E-state index contributed by atoms with van der Waals surface area (Å²) in [4.78, 5) is 12.9. The summed E-state index contributed by atoms with van der Waals surface area (Å²) in [6.45, 7) is 0. The fraction of sp³-hybridized carbons (Fsp3) is 0.0435. The molecule has 0 radical (unpaired) electrons. The van der Waals surface area contributed by atoms with Gasteiger partial charge in [0.2, 0.25) is 0 Å². The first-order chi connectivity index (χ1) is 15.0. The minimum atomic E-state index is -0.418. The zero-order valence-corrected chi connectivity index (χ0v) is 17.9. The number of carbonyl (C=O) groups is 1.